The van der Waals surface area contributed by atoms with Crippen LogP contribution in [-0.2, 0) is 0 Å². The van der Waals surface area contributed by atoms with E-state index in [0.717, 1.165) is 17.9 Å². The van der Waals surface area contributed by atoms with Gasteiger partial charge < -0.3 is 4.90 Å². The normalized spacial score (nSPS) is 44.8. The molecule has 0 aromatic carbocycles. The van der Waals surface area contributed by atoms with E-state index in [1.165, 1.54) is 51.9 Å². The summed E-state index contributed by atoms with van der Waals surface area (Å²) in [6, 6.07) is 0.947. The van der Waals surface area contributed by atoms with Gasteiger partial charge in [0.25, 0.3) is 0 Å². The standard InChI is InChI=1S/C12H22N2/c1-13-7-10-6-11(9-13)12-4-2-3-5-14(12)8-10/h10-12H,2-9H2,1H3/t10-,11+,12-/m0/s1. The van der Waals surface area contributed by atoms with E-state index in [2.05, 4.69) is 16.8 Å². The summed E-state index contributed by atoms with van der Waals surface area (Å²) in [5.41, 5.74) is 0. The van der Waals surface area contributed by atoms with Gasteiger partial charge in [-0.25, -0.2) is 0 Å². The molecule has 3 aliphatic heterocycles. The summed E-state index contributed by atoms with van der Waals surface area (Å²) in [5, 5.41) is 0. The fourth-order valence-electron chi connectivity index (χ4n) is 4.01. The number of piperidine rings is 3. The van der Waals surface area contributed by atoms with Crippen LogP contribution in [0, 0.1) is 11.8 Å². The van der Waals surface area contributed by atoms with Gasteiger partial charge in [-0.3, -0.25) is 4.90 Å². The van der Waals surface area contributed by atoms with Crippen LogP contribution in [0.2, 0.25) is 0 Å². The number of nitrogens with zero attached hydrogens (tertiary/aromatic N) is 2. The van der Waals surface area contributed by atoms with Crippen molar-refractivity contribution in [2.24, 2.45) is 11.8 Å². The molecule has 80 valence electrons. The van der Waals surface area contributed by atoms with E-state index in [-0.39, 0.29) is 0 Å². The van der Waals surface area contributed by atoms with E-state index in [0.29, 0.717) is 0 Å². The number of likely N-dealkylation sites (tertiary alicyclic amines) is 1. The molecule has 3 atom stereocenters. The highest BCUT2D eigenvalue weighted by molar-refractivity contribution is 4.94. The zero-order valence-electron chi connectivity index (χ0n) is 9.28. The molecule has 3 saturated heterocycles. The Morgan fingerprint density at radius 1 is 1.07 bits per heavy atom. The summed E-state index contributed by atoms with van der Waals surface area (Å²) >= 11 is 0. The van der Waals surface area contributed by atoms with Crippen molar-refractivity contribution in [2.45, 2.75) is 31.7 Å². The van der Waals surface area contributed by atoms with Crippen LogP contribution in [0.15, 0.2) is 0 Å². The Kier molecular flexibility index (Phi) is 2.29. The third-order valence-electron chi connectivity index (χ3n) is 4.45. The lowest BCUT2D eigenvalue weighted by molar-refractivity contribution is -0.0231. The molecule has 0 amide bonds. The lowest BCUT2D eigenvalue weighted by Crippen LogP contribution is -2.58. The number of hydrogen-bond donors (Lipinski definition) is 0. The average molecular weight is 194 g/mol. The van der Waals surface area contributed by atoms with Crippen LogP contribution in [0.25, 0.3) is 0 Å². The van der Waals surface area contributed by atoms with Crippen LogP contribution >= 0.6 is 0 Å². The summed E-state index contributed by atoms with van der Waals surface area (Å²) in [6.07, 6.45) is 5.93. The van der Waals surface area contributed by atoms with Crippen LogP contribution in [0.4, 0.5) is 0 Å². The van der Waals surface area contributed by atoms with Gasteiger partial charge >= 0.3 is 0 Å². The minimum Gasteiger partial charge on any atom is -0.306 e. The molecule has 3 rings (SSSR count). The third-order valence-corrected chi connectivity index (χ3v) is 4.45. The molecule has 14 heavy (non-hydrogen) atoms. The van der Waals surface area contributed by atoms with Crippen molar-refractivity contribution in [3.63, 3.8) is 0 Å². The van der Waals surface area contributed by atoms with Gasteiger partial charge in [0.15, 0.2) is 0 Å². The maximum Gasteiger partial charge on any atom is 0.0136 e. The van der Waals surface area contributed by atoms with Gasteiger partial charge in [-0.15, -0.1) is 0 Å². The van der Waals surface area contributed by atoms with Gasteiger partial charge in [-0.05, 0) is 44.7 Å². The Labute approximate surface area is 87.3 Å². The molecule has 0 aromatic rings. The molecule has 0 spiro atoms. The van der Waals surface area contributed by atoms with E-state index in [1.807, 2.05) is 0 Å². The Bertz CT molecular complexity index is 214. The highest BCUT2D eigenvalue weighted by atomic mass is 15.2. The minimum absolute atomic E-state index is 0.947. The molecule has 0 radical (unpaired) electrons. The fourth-order valence-corrected chi connectivity index (χ4v) is 4.01. The first-order valence-corrected chi connectivity index (χ1v) is 6.25. The molecule has 0 unspecified atom stereocenters. The average Bonchev–Trinajstić information content (AvgIpc) is 2.17. The summed E-state index contributed by atoms with van der Waals surface area (Å²) in [4.78, 5) is 5.36. The summed E-state index contributed by atoms with van der Waals surface area (Å²) in [7, 11) is 2.30. The highest BCUT2D eigenvalue weighted by Gasteiger charge is 2.40. The zero-order chi connectivity index (χ0) is 9.54. The van der Waals surface area contributed by atoms with Gasteiger partial charge in [0.05, 0.1) is 0 Å². The molecule has 2 bridgehead atoms. The fraction of sp³-hybridized carbons (Fsp3) is 1.00. The molecular formula is C12H22N2. The van der Waals surface area contributed by atoms with Crippen molar-refractivity contribution < 1.29 is 0 Å². The predicted molar refractivity (Wildman–Crippen MR) is 58.3 cm³/mol. The first-order chi connectivity index (χ1) is 6.83. The molecule has 2 heteroatoms. The van der Waals surface area contributed by atoms with Crippen LogP contribution < -0.4 is 0 Å². The summed E-state index contributed by atoms with van der Waals surface area (Å²) in [6.45, 7) is 5.49. The molecule has 0 N–H and O–H groups in total. The monoisotopic (exact) mass is 194 g/mol. The first kappa shape index (κ1) is 9.17. The Morgan fingerprint density at radius 3 is 2.93 bits per heavy atom. The van der Waals surface area contributed by atoms with Crippen molar-refractivity contribution in [2.75, 3.05) is 33.2 Å². The van der Waals surface area contributed by atoms with Crippen molar-refractivity contribution >= 4 is 0 Å². The van der Waals surface area contributed by atoms with Crippen molar-refractivity contribution in [3.8, 4) is 0 Å². The maximum atomic E-state index is 2.80. The second kappa shape index (κ2) is 3.49. The second-order valence-electron chi connectivity index (χ2n) is 5.64. The van der Waals surface area contributed by atoms with Gasteiger partial charge in [-0.2, -0.15) is 0 Å². The largest absolute Gasteiger partial charge is 0.306 e. The number of rotatable bonds is 0. The van der Waals surface area contributed by atoms with E-state index < -0.39 is 0 Å². The van der Waals surface area contributed by atoms with E-state index in [1.54, 1.807) is 0 Å². The molecule has 0 aromatic heterocycles. The molecule has 0 aliphatic carbocycles. The summed E-state index contributed by atoms with van der Waals surface area (Å²) in [5.74, 6) is 1.97. The minimum atomic E-state index is 0.947. The lowest BCUT2D eigenvalue weighted by Gasteiger charge is -2.52. The first-order valence-electron chi connectivity index (χ1n) is 6.25. The Morgan fingerprint density at radius 2 is 2.00 bits per heavy atom. The maximum absolute atomic E-state index is 2.80. The van der Waals surface area contributed by atoms with Gasteiger partial charge in [0.1, 0.15) is 0 Å². The van der Waals surface area contributed by atoms with Crippen molar-refractivity contribution in [1.29, 1.82) is 0 Å². The van der Waals surface area contributed by atoms with E-state index in [4.69, 9.17) is 0 Å². The van der Waals surface area contributed by atoms with E-state index >= 15 is 0 Å². The Hall–Kier alpha value is -0.0800. The number of hydrogen-bond acceptors (Lipinski definition) is 2. The predicted octanol–water partition coefficient (Wildman–Crippen LogP) is 1.42. The smallest absolute Gasteiger partial charge is 0.0136 e. The van der Waals surface area contributed by atoms with E-state index in [9.17, 15) is 0 Å². The van der Waals surface area contributed by atoms with Crippen LogP contribution in [0.3, 0.4) is 0 Å². The molecule has 0 saturated carbocycles. The second-order valence-corrected chi connectivity index (χ2v) is 5.64. The zero-order valence-corrected chi connectivity index (χ0v) is 9.28. The topological polar surface area (TPSA) is 6.48 Å². The highest BCUT2D eigenvalue weighted by Crippen LogP contribution is 2.36. The number of fused-ring (bicyclic) bond motifs is 4. The van der Waals surface area contributed by atoms with Crippen molar-refractivity contribution in [1.82, 2.24) is 9.80 Å². The molecule has 3 fully saturated rings. The summed E-state index contributed by atoms with van der Waals surface area (Å²) < 4.78 is 0. The Balaban J connectivity index is 1.76. The SMILES string of the molecule is CN1C[C@@H]2C[C@H](C1)[C@@H]1CCCCN1C2. The molecule has 3 aliphatic rings. The lowest BCUT2D eigenvalue weighted by atomic mass is 9.76. The van der Waals surface area contributed by atoms with Crippen LogP contribution in [0.1, 0.15) is 25.7 Å². The van der Waals surface area contributed by atoms with Gasteiger partial charge in [-0.1, -0.05) is 6.42 Å². The molecule has 2 nitrogen and oxygen atoms in total. The van der Waals surface area contributed by atoms with Gasteiger partial charge in [0.2, 0.25) is 0 Å². The van der Waals surface area contributed by atoms with Crippen LogP contribution in [-0.4, -0.2) is 49.1 Å². The van der Waals surface area contributed by atoms with Crippen LogP contribution in [0.5, 0.6) is 0 Å². The van der Waals surface area contributed by atoms with Gasteiger partial charge in [0, 0.05) is 25.7 Å². The third kappa shape index (κ3) is 1.49. The molecule has 3 heterocycles. The molecular weight excluding hydrogens is 172 g/mol. The van der Waals surface area contributed by atoms with Crippen molar-refractivity contribution in [3.05, 3.63) is 0 Å². The quantitative estimate of drug-likeness (QED) is 0.575.